The number of hydrogen-bond donors (Lipinski definition) is 2. The second-order valence-electron chi connectivity index (χ2n) is 4.89. The van der Waals surface area contributed by atoms with E-state index in [4.69, 9.17) is 29.2 Å². The number of aliphatic carboxylic acids is 2. The maximum absolute atomic E-state index is 10.2. The number of hydrogen-bond acceptors (Lipinski definition) is 6. The highest BCUT2D eigenvalue weighted by molar-refractivity contribution is 5.68. The Balaban J connectivity index is 3.00. The molecule has 0 aliphatic carbocycles. The first-order chi connectivity index (χ1) is 11.1. The van der Waals surface area contributed by atoms with E-state index in [9.17, 15) is 9.59 Å². The SMILES string of the molecule is O=C(O)COCCCOCCCCCOCCCOCC(=O)O. The maximum atomic E-state index is 10.2. The molecule has 0 fully saturated rings. The van der Waals surface area contributed by atoms with Crippen LogP contribution in [0.4, 0.5) is 0 Å². The van der Waals surface area contributed by atoms with Crippen molar-refractivity contribution in [3.8, 4) is 0 Å². The molecule has 8 nitrogen and oxygen atoms in total. The summed E-state index contributed by atoms with van der Waals surface area (Å²) in [5, 5.41) is 16.7. The van der Waals surface area contributed by atoms with Gasteiger partial charge in [0.25, 0.3) is 0 Å². The van der Waals surface area contributed by atoms with E-state index in [1.165, 1.54) is 0 Å². The molecule has 0 rings (SSSR count). The molecule has 0 atom stereocenters. The van der Waals surface area contributed by atoms with Gasteiger partial charge in [0.15, 0.2) is 0 Å². The van der Waals surface area contributed by atoms with E-state index in [2.05, 4.69) is 0 Å². The van der Waals surface area contributed by atoms with Crippen LogP contribution in [-0.4, -0.2) is 75.0 Å². The van der Waals surface area contributed by atoms with Crippen LogP contribution in [0.2, 0.25) is 0 Å². The standard InChI is InChI=1S/C15H28O8/c16-14(17)12-22-10-4-8-20-6-2-1-3-7-21-9-5-11-23-13-15(18)19/h1-13H2,(H,16,17)(H,18,19). The summed E-state index contributed by atoms with van der Waals surface area (Å²) in [6.45, 7) is 2.80. The quantitative estimate of drug-likeness (QED) is 0.359. The number of carboxylic acids is 2. The lowest BCUT2D eigenvalue weighted by atomic mass is 10.2. The molecule has 23 heavy (non-hydrogen) atoms. The van der Waals surface area contributed by atoms with Crippen LogP contribution in [0.5, 0.6) is 0 Å². The molecule has 0 spiro atoms. The minimum Gasteiger partial charge on any atom is -0.480 e. The Bertz CT molecular complexity index is 267. The Morgan fingerprint density at radius 2 is 0.870 bits per heavy atom. The summed E-state index contributed by atoms with van der Waals surface area (Å²) >= 11 is 0. The molecule has 2 N–H and O–H groups in total. The normalized spacial score (nSPS) is 10.8. The molecule has 0 bridgehead atoms. The van der Waals surface area contributed by atoms with Crippen LogP contribution in [0.15, 0.2) is 0 Å². The summed E-state index contributed by atoms with van der Waals surface area (Å²) in [5.74, 6) is -1.91. The van der Waals surface area contributed by atoms with Crippen LogP contribution >= 0.6 is 0 Å². The van der Waals surface area contributed by atoms with Crippen molar-refractivity contribution in [2.75, 3.05) is 52.9 Å². The number of carbonyl (C=O) groups is 2. The summed E-state index contributed by atoms with van der Waals surface area (Å²) in [6.07, 6.45) is 4.33. The van der Waals surface area contributed by atoms with Crippen LogP contribution in [0.25, 0.3) is 0 Å². The topological polar surface area (TPSA) is 112 Å². The van der Waals surface area contributed by atoms with Crippen LogP contribution in [0, 0.1) is 0 Å². The first-order valence-corrected chi connectivity index (χ1v) is 7.87. The van der Waals surface area contributed by atoms with E-state index in [0.29, 0.717) is 52.5 Å². The predicted octanol–water partition coefficient (Wildman–Crippen LogP) is 1.17. The van der Waals surface area contributed by atoms with Gasteiger partial charge in [-0.15, -0.1) is 0 Å². The highest BCUT2D eigenvalue weighted by Crippen LogP contribution is 1.98. The Hall–Kier alpha value is -1.22. The van der Waals surface area contributed by atoms with Gasteiger partial charge in [-0.25, -0.2) is 9.59 Å². The molecule has 0 saturated carbocycles. The van der Waals surface area contributed by atoms with Gasteiger partial charge in [-0.3, -0.25) is 0 Å². The fourth-order valence-corrected chi connectivity index (χ4v) is 1.63. The van der Waals surface area contributed by atoms with Gasteiger partial charge in [0.2, 0.25) is 0 Å². The van der Waals surface area contributed by atoms with Crippen molar-refractivity contribution < 1.29 is 38.7 Å². The lowest BCUT2D eigenvalue weighted by Crippen LogP contribution is -2.09. The predicted molar refractivity (Wildman–Crippen MR) is 81.6 cm³/mol. The highest BCUT2D eigenvalue weighted by Gasteiger charge is 1.97. The smallest absolute Gasteiger partial charge is 0.329 e. The molecular formula is C15H28O8. The minimum atomic E-state index is -0.957. The van der Waals surface area contributed by atoms with Gasteiger partial charge in [0.05, 0.1) is 0 Å². The number of ether oxygens (including phenoxy) is 4. The summed E-state index contributed by atoms with van der Waals surface area (Å²) in [4.78, 5) is 20.4. The molecular weight excluding hydrogens is 308 g/mol. The molecule has 8 heteroatoms. The lowest BCUT2D eigenvalue weighted by molar-refractivity contribution is -0.143. The molecule has 0 aromatic carbocycles. The zero-order chi connectivity index (χ0) is 17.2. The molecule has 0 amide bonds. The highest BCUT2D eigenvalue weighted by atomic mass is 16.5. The molecule has 0 saturated heterocycles. The fraction of sp³-hybridized carbons (Fsp3) is 0.867. The second-order valence-corrected chi connectivity index (χ2v) is 4.89. The van der Waals surface area contributed by atoms with E-state index in [-0.39, 0.29) is 13.2 Å². The molecule has 0 heterocycles. The Labute approximate surface area is 136 Å². The van der Waals surface area contributed by atoms with Crippen LogP contribution in [0.1, 0.15) is 32.1 Å². The molecule has 0 radical (unpaired) electrons. The van der Waals surface area contributed by atoms with Crippen molar-refractivity contribution in [2.45, 2.75) is 32.1 Å². The molecule has 0 aliphatic heterocycles. The third-order valence-electron chi connectivity index (χ3n) is 2.68. The summed E-state index contributed by atoms with van der Waals surface area (Å²) < 4.78 is 20.6. The number of rotatable bonds is 18. The van der Waals surface area contributed by atoms with Gasteiger partial charge in [-0.05, 0) is 32.1 Å². The van der Waals surface area contributed by atoms with E-state index in [1.807, 2.05) is 0 Å². The van der Waals surface area contributed by atoms with E-state index in [0.717, 1.165) is 19.3 Å². The van der Waals surface area contributed by atoms with Crippen LogP contribution < -0.4 is 0 Å². The van der Waals surface area contributed by atoms with Crippen molar-refractivity contribution in [2.24, 2.45) is 0 Å². The molecule has 0 aliphatic rings. The van der Waals surface area contributed by atoms with E-state index >= 15 is 0 Å². The third-order valence-corrected chi connectivity index (χ3v) is 2.68. The van der Waals surface area contributed by atoms with Crippen molar-refractivity contribution in [3.63, 3.8) is 0 Å². The zero-order valence-electron chi connectivity index (χ0n) is 13.5. The third kappa shape index (κ3) is 20.8. The van der Waals surface area contributed by atoms with E-state index in [1.54, 1.807) is 0 Å². The summed E-state index contributed by atoms with van der Waals surface area (Å²) in [7, 11) is 0. The van der Waals surface area contributed by atoms with Gasteiger partial charge < -0.3 is 29.2 Å². The zero-order valence-corrected chi connectivity index (χ0v) is 13.5. The second kappa shape index (κ2) is 17.1. The molecule has 0 unspecified atom stereocenters. The minimum absolute atomic E-state index is 0.258. The monoisotopic (exact) mass is 336 g/mol. The average Bonchev–Trinajstić information content (AvgIpc) is 2.49. The lowest BCUT2D eigenvalue weighted by Gasteiger charge is -2.06. The summed E-state index contributed by atoms with van der Waals surface area (Å²) in [6, 6.07) is 0. The van der Waals surface area contributed by atoms with Crippen LogP contribution in [0.3, 0.4) is 0 Å². The van der Waals surface area contributed by atoms with Crippen molar-refractivity contribution in [1.82, 2.24) is 0 Å². The first-order valence-electron chi connectivity index (χ1n) is 7.87. The number of carboxylic acid groups (broad SMARTS) is 2. The largest absolute Gasteiger partial charge is 0.480 e. The van der Waals surface area contributed by atoms with Gasteiger partial charge in [-0.1, -0.05) is 0 Å². The van der Waals surface area contributed by atoms with Crippen molar-refractivity contribution >= 4 is 11.9 Å². The van der Waals surface area contributed by atoms with E-state index < -0.39 is 11.9 Å². The average molecular weight is 336 g/mol. The van der Waals surface area contributed by atoms with Gasteiger partial charge in [-0.2, -0.15) is 0 Å². The molecule has 0 aromatic heterocycles. The van der Waals surface area contributed by atoms with Crippen LogP contribution in [-0.2, 0) is 28.5 Å². The van der Waals surface area contributed by atoms with Crippen molar-refractivity contribution in [3.05, 3.63) is 0 Å². The van der Waals surface area contributed by atoms with Gasteiger partial charge >= 0.3 is 11.9 Å². The van der Waals surface area contributed by atoms with Crippen molar-refractivity contribution in [1.29, 1.82) is 0 Å². The molecule has 136 valence electrons. The fourth-order valence-electron chi connectivity index (χ4n) is 1.63. The van der Waals surface area contributed by atoms with Gasteiger partial charge in [0, 0.05) is 39.6 Å². The van der Waals surface area contributed by atoms with Gasteiger partial charge in [0.1, 0.15) is 13.2 Å². The Morgan fingerprint density at radius 1 is 0.522 bits per heavy atom. The summed E-state index contributed by atoms with van der Waals surface area (Å²) in [5.41, 5.74) is 0. The number of unbranched alkanes of at least 4 members (excludes halogenated alkanes) is 2. The Morgan fingerprint density at radius 3 is 1.26 bits per heavy atom. The first kappa shape index (κ1) is 21.8. The Kier molecular flexibility index (Phi) is 16.2. The maximum Gasteiger partial charge on any atom is 0.329 e. The molecule has 0 aromatic rings.